The molecule has 128 valence electrons. The zero-order chi connectivity index (χ0) is 16.4. The van der Waals surface area contributed by atoms with Crippen molar-refractivity contribution in [2.45, 2.75) is 70.3 Å². The summed E-state index contributed by atoms with van der Waals surface area (Å²) in [5.41, 5.74) is 2.22. The van der Waals surface area contributed by atoms with Gasteiger partial charge in [-0.1, -0.05) is 30.2 Å². The third kappa shape index (κ3) is 3.46. The van der Waals surface area contributed by atoms with Crippen LogP contribution in [-0.2, 0) is 17.9 Å². The molecule has 2 aromatic rings. The molecule has 5 heteroatoms. The van der Waals surface area contributed by atoms with E-state index in [1.54, 1.807) is 0 Å². The lowest BCUT2D eigenvalue weighted by Crippen LogP contribution is -2.26. The molecule has 4 rings (SSSR count). The van der Waals surface area contributed by atoms with Gasteiger partial charge in [-0.25, -0.2) is 4.68 Å². The predicted octanol–water partition coefficient (Wildman–Crippen LogP) is 3.66. The number of aromatic nitrogens is 3. The van der Waals surface area contributed by atoms with E-state index < -0.39 is 0 Å². The van der Waals surface area contributed by atoms with Crippen LogP contribution in [0.5, 0.6) is 5.75 Å². The Hall–Kier alpha value is -1.88. The van der Waals surface area contributed by atoms with Crippen molar-refractivity contribution in [2.75, 3.05) is 0 Å². The largest absolute Gasteiger partial charge is 0.487 e. The predicted molar refractivity (Wildman–Crippen MR) is 90.8 cm³/mol. The Morgan fingerprint density at radius 3 is 3.00 bits per heavy atom. The maximum Gasteiger partial charge on any atom is 0.134 e. The summed E-state index contributed by atoms with van der Waals surface area (Å²) in [4.78, 5) is 0. The third-order valence-electron chi connectivity index (χ3n) is 5.21. The van der Waals surface area contributed by atoms with Crippen molar-refractivity contribution in [3.63, 3.8) is 0 Å². The first-order chi connectivity index (χ1) is 11.7. The van der Waals surface area contributed by atoms with Gasteiger partial charge in [-0.3, -0.25) is 0 Å². The standard InChI is InChI=1S/C19H25N3O2/c1-15-5-4-6-17(11-15)23-14-16-12-22(21-20-16)13-18-7-10-19(24-18)8-2-3-9-19/h4-6,11-12,18H,2-3,7-10,13-14H2,1H3. The minimum absolute atomic E-state index is 0.183. The van der Waals surface area contributed by atoms with Crippen LogP contribution in [0.25, 0.3) is 0 Å². The van der Waals surface area contributed by atoms with Crippen molar-refractivity contribution in [3.05, 3.63) is 41.7 Å². The summed E-state index contributed by atoms with van der Waals surface area (Å²) in [5.74, 6) is 0.867. The SMILES string of the molecule is Cc1cccc(OCc2cn(CC3CCC4(CCCC4)O3)nn2)c1. The molecule has 24 heavy (non-hydrogen) atoms. The quantitative estimate of drug-likeness (QED) is 0.841. The van der Waals surface area contributed by atoms with Crippen LogP contribution in [-0.4, -0.2) is 26.7 Å². The molecule has 1 atom stereocenters. The molecule has 1 aliphatic heterocycles. The van der Waals surface area contributed by atoms with Crippen LogP contribution < -0.4 is 4.74 Å². The molecule has 2 aliphatic rings. The number of hydrogen-bond acceptors (Lipinski definition) is 4. The Morgan fingerprint density at radius 1 is 1.29 bits per heavy atom. The van der Waals surface area contributed by atoms with E-state index in [9.17, 15) is 0 Å². The molecule has 5 nitrogen and oxygen atoms in total. The summed E-state index contributed by atoms with van der Waals surface area (Å²) in [7, 11) is 0. The summed E-state index contributed by atoms with van der Waals surface area (Å²) in [6, 6.07) is 8.04. The lowest BCUT2D eigenvalue weighted by molar-refractivity contribution is -0.0430. The van der Waals surface area contributed by atoms with Crippen LogP contribution in [0.2, 0.25) is 0 Å². The van der Waals surface area contributed by atoms with Crippen LogP contribution in [0.15, 0.2) is 30.5 Å². The maximum absolute atomic E-state index is 6.35. The van der Waals surface area contributed by atoms with Crippen molar-refractivity contribution >= 4 is 0 Å². The molecule has 1 saturated heterocycles. The molecule has 1 spiro atoms. The van der Waals surface area contributed by atoms with E-state index in [-0.39, 0.29) is 11.7 Å². The molecule has 0 N–H and O–H groups in total. The molecule has 1 saturated carbocycles. The monoisotopic (exact) mass is 327 g/mol. The van der Waals surface area contributed by atoms with Crippen molar-refractivity contribution in [1.29, 1.82) is 0 Å². The highest BCUT2D eigenvalue weighted by atomic mass is 16.5. The van der Waals surface area contributed by atoms with Gasteiger partial charge in [0.2, 0.25) is 0 Å². The Bertz CT molecular complexity index is 691. The van der Waals surface area contributed by atoms with E-state index in [1.807, 2.05) is 29.1 Å². The zero-order valence-corrected chi connectivity index (χ0v) is 14.3. The Morgan fingerprint density at radius 2 is 2.17 bits per heavy atom. The van der Waals surface area contributed by atoms with E-state index in [0.717, 1.165) is 24.4 Å². The smallest absolute Gasteiger partial charge is 0.134 e. The Kier molecular flexibility index (Phi) is 4.27. The van der Waals surface area contributed by atoms with Gasteiger partial charge in [0.15, 0.2) is 0 Å². The van der Waals surface area contributed by atoms with Gasteiger partial charge >= 0.3 is 0 Å². The van der Waals surface area contributed by atoms with E-state index in [1.165, 1.54) is 37.7 Å². The first kappa shape index (κ1) is 15.6. The highest BCUT2D eigenvalue weighted by Gasteiger charge is 2.42. The van der Waals surface area contributed by atoms with Gasteiger partial charge in [-0.05, 0) is 50.3 Å². The van der Waals surface area contributed by atoms with Gasteiger partial charge in [0, 0.05) is 0 Å². The van der Waals surface area contributed by atoms with Gasteiger partial charge in [0.1, 0.15) is 18.1 Å². The summed E-state index contributed by atoms with van der Waals surface area (Å²) in [5, 5.41) is 8.45. The lowest BCUT2D eigenvalue weighted by atomic mass is 9.98. The van der Waals surface area contributed by atoms with E-state index >= 15 is 0 Å². The fourth-order valence-electron chi connectivity index (χ4n) is 3.98. The molecule has 2 heterocycles. The molecule has 1 aromatic carbocycles. The second-order valence-electron chi connectivity index (χ2n) is 7.21. The van der Waals surface area contributed by atoms with Crippen LogP contribution in [0, 0.1) is 6.92 Å². The summed E-state index contributed by atoms with van der Waals surface area (Å²) in [6.07, 6.45) is 9.68. The molecule has 0 radical (unpaired) electrons. The number of aryl methyl sites for hydroxylation is 1. The maximum atomic E-state index is 6.35. The fourth-order valence-corrected chi connectivity index (χ4v) is 3.98. The fraction of sp³-hybridized carbons (Fsp3) is 0.579. The average molecular weight is 327 g/mol. The van der Waals surface area contributed by atoms with Crippen molar-refractivity contribution in [3.8, 4) is 5.75 Å². The second-order valence-corrected chi connectivity index (χ2v) is 7.21. The summed E-state index contributed by atoms with van der Waals surface area (Å²) >= 11 is 0. The van der Waals surface area contributed by atoms with Crippen molar-refractivity contribution in [2.24, 2.45) is 0 Å². The Balaban J connectivity index is 1.30. The lowest BCUT2D eigenvalue weighted by Gasteiger charge is -2.23. The number of benzene rings is 1. The first-order valence-electron chi connectivity index (χ1n) is 8.97. The van der Waals surface area contributed by atoms with Crippen LogP contribution in [0.3, 0.4) is 0 Å². The van der Waals surface area contributed by atoms with Crippen molar-refractivity contribution in [1.82, 2.24) is 15.0 Å². The van der Waals surface area contributed by atoms with E-state index in [4.69, 9.17) is 9.47 Å². The number of rotatable bonds is 5. The molecule has 2 fully saturated rings. The molecule has 1 unspecified atom stereocenters. The molecular weight excluding hydrogens is 302 g/mol. The molecule has 1 aromatic heterocycles. The van der Waals surface area contributed by atoms with Gasteiger partial charge in [0.25, 0.3) is 0 Å². The first-order valence-corrected chi connectivity index (χ1v) is 8.97. The zero-order valence-electron chi connectivity index (χ0n) is 14.3. The highest BCUT2D eigenvalue weighted by Crippen LogP contribution is 2.43. The van der Waals surface area contributed by atoms with Gasteiger partial charge < -0.3 is 9.47 Å². The van der Waals surface area contributed by atoms with Crippen LogP contribution >= 0.6 is 0 Å². The third-order valence-corrected chi connectivity index (χ3v) is 5.21. The van der Waals surface area contributed by atoms with E-state index in [2.05, 4.69) is 23.3 Å². The summed E-state index contributed by atoms with van der Waals surface area (Å²) in [6.45, 7) is 3.29. The molecule has 1 aliphatic carbocycles. The van der Waals surface area contributed by atoms with Gasteiger partial charge in [-0.15, -0.1) is 5.10 Å². The van der Waals surface area contributed by atoms with Gasteiger partial charge in [-0.2, -0.15) is 0 Å². The van der Waals surface area contributed by atoms with Crippen molar-refractivity contribution < 1.29 is 9.47 Å². The van der Waals surface area contributed by atoms with Crippen LogP contribution in [0.4, 0.5) is 0 Å². The average Bonchev–Trinajstić information content (AvgIpc) is 3.30. The van der Waals surface area contributed by atoms with Gasteiger partial charge in [0.05, 0.1) is 24.4 Å². The molecule has 0 amide bonds. The minimum Gasteiger partial charge on any atom is -0.487 e. The number of ether oxygens (including phenoxy) is 2. The minimum atomic E-state index is 0.183. The normalized spacial score (nSPS) is 22.3. The van der Waals surface area contributed by atoms with Crippen LogP contribution in [0.1, 0.15) is 49.8 Å². The number of hydrogen-bond donors (Lipinski definition) is 0. The molecular formula is C19H25N3O2. The Labute approximate surface area is 143 Å². The number of nitrogens with zero attached hydrogens (tertiary/aromatic N) is 3. The topological polar surface area (TPSA) is 49.2 Å². The highest BCUT2D eigenvalue weighted by molar-refractivity contribution is 5.27. The summed E-state index contributed by atoms with van der Waals surface area (Å²) < 4.78 is 14.0. The molecule has 0 bridgehead atoms. The second kappa shape index (κ2) is 6.55. The van der Waals surface area contributed by atoms with E-state index in [0.29, 0.717) is 6.61 Å².